The van der Waals surface area contributed by atoms with Gasteiger partial charge in [-0.3, -0.25) is 4.79 Å². The van der Waals surface area contributed by atoms with Gasteiger partial charge in [-0.25, -0.2) is 4.79 Å². The molecule has 7 heteroatoms. The zero-order chi connectivity index (χ0) is 28.9. The third-order valence-corrected chi connectivity index (χ3v) is 7.65. The smallest absolute Gasteiger partial charge is 0.336 e. The maximum Gasteiger partial charge on any atom is 0.336 e. The third kappa shape index (κ3) is 5.85. The van der Waals surface area contributed by atoms with Crippen LogP contribution in [0, 0.1) is 0 Å². The van der Waals surface area contributed by atoms with Crippen molar-refractivity contribution in [1.29, 1.82) is 0 Å². The molecule has 1 heterocycles. The molecule has 212 valence electrons. The first-order valence-electron chi connectivity index (χ1n) is 13.8. The van der Waals surface area contributed by atoms with E-state index in [0.29, 0.717) is 47.8 Å². The molecule has 7 nitrogen and oxygen atoms in total. The van der Waals surface area contributed by atoms with Crippen molar-refractivity contribution in [3.8, 4) is 17.2 Å². The van der Waals surface area contributed by atoms with Crippen molar-refractivity contribution < 1.29 is 28.5 Å². The van der Waals surface area contributed by atoms with Crippen molar-refractivity contribution in [2.75, 3.05) is 20.8 Å². The Hall–Kier alpha value is -4.52. The largest absolute Gasteiger partial charge is 0.497 e. The summed E-state index contributed by atoms with van der Waals surface area (Å²) in [5.41, 5.74) is 5.37. The number of Topliss-reactive ketones (excluding diaryl/α,β-unsaturated/α-hetero) is 1. The molecule has 3 aromatic carbocycles. The lowest BCUT2D eigenvalue weighted by molar-refractivity contribution is -0.138. The number of hydrogen-bond acceptors (Lipinski definition) is 7. The molecule has 1 N–H and O–H groups in total. The number of nitrogens with one attached hydrogen (secondary N) is 1. The number of dihydropyridines is 1. The van der Waals surface area contributed by atoms with Gasteiger partial charge in [-0.1, -0.05) is 48.5 Å². The number of carbonyl (C=O) groups is 2. The van der Waals surface area contributed by atoms with Crippen LogP contribution in [0.4, 0.5) is 0 Å². The average Bonchev–Trinajstić information content (AvgIpc) is 2.99. The van der Waals surface area contributed by atoms with Gasteiger partial charge in [0.1, 0.15) is 12.4 Å². The molecule has 0 fully saturated rings. The summed E-state index contributed by atoms with van der Waals surface area (Å²) in [4.78, 5) is 27.2. The second-order valence-electron chi connectivity index (χ2n) is 10.2. The minimum absolute atomic E-state index is 0.00533. The number of benzene rings is 3. The lowest BCUT2D eigenvalue weighted by Crippen LogP contribution is -2.36. The highest BCUT2D eigenvalue weighted by molar-refractivity contribution is 6.04. The number of hydrogen-bond donors (Lipinski definition) is 1. The summed E-state index contributed by atoms with van der Waals surface area (Å²) in [6.07, 6.45) is 0.961. The number of esters is 1. The lowest BCUT2D eigenvalue weighted by atomic mass is 9.71. The van der Waals surface area contributed by atoms with E-state index in [4.69, 9.17) is 18.9 Å². The van der Waals surface area contributed by atoms with Gasteiger partial charge in [0.05, 0.1) is 26.4 Å². The summed E-state index contributed by atoms with van der Waals surface area (Å²) >= 11 is 0. The molecule has 41 heavy (non-hydrogen) atoms. The van der Waals surface area contributed by atoms with Gasteiger partial charge < -0.3 is 24.3 Å². The van der Waals surface area contributed by atoms with Crippen LogP contribution in [-0.2, 0) is 20.9 Å². The Labute approximate surface area is 240 Å². The highest BCUT2D eigenvalue weighted by Crippen LogP contribution is 2.47. The SMILES string of the molecule is CCOC(=O)C1=C(C)NC2=C(C(=O)CC(c3cccc(OC)c3)C2)C1c1ccc(OCc2ccccc2)c(OC)c1. The number of allylic oxidation sites excluding steroid dienone is 3. The molecule has 0 saturated heterocycles. The van der Waals surface area contributed by atoms with Gasteiger partial charge in [-0.15, -0.1) is 0 Å². The zero-order valence-corrected chi connectivity index (χ0v) is 23.9. The van der Waals surface area contributed by atoms with Gasteiger partial charge >= 0.3 is 5.97 Å². The fraction of sp³-hybridized carbons (Fsp3) is 0.294. The van der Waals surface area contributed by atoms with E-state index in [1.807, 2.05) is 79.7 Å². The number of ether oxygens (including phenoxy) is 4. The van der Waals surface area contributed by atoms with Crippen molar-refractivity contribution in [1.82, 2.24) is 5.32 Å². The van der Waals surface area contributed by atoms with Crippen LogP contribution < -0.4 is 19.5 Å². The van der Waals surface area contributed by atoms with E-state index >= 15 is 0 Å². The predicted molar refractivity (Wildman–Crippen MR) is 156 cm³/mol. The Morgan fingerprint density at radius 3 is 2.44 bits per heavy atom. The van der Waals surface area contributed by atoms with Crippen molar-refractivity contribution in [3.05, 3.63) is 112 Å². The molecule has 0 bridgehead atoms. The molecule has 0 saturated carbocycles. The Morgan fingerprint density at radius 1 is 0.902 bits per heavy atom. The summed E-state index contributed by atoms with van der Waals surface area (Å²) in [6.45, 7) is 4.25. The maximum absolute atomic E-state index is 13.9. The van der Waals surface area contributed by atoms with Crippen LogP contribution in [0.2, 0.25) is 0 Å². The molecular weight excluding hydrogens is 518 g/mol. The normalized spacial score (nSPS) is 18.4. The van der Waals surface area contributed by atoms with Crippen LogP contribution >= 0.6 is 0 Å². The average molecular weight is 554 g/mol. The molecule has 1 aliphatic carbocycles. The standard InChI is InChI=1S/C34H35NO6/c1-5-40-34(37)31-21(2)35-27-17-25(23-12-9-13-26(16-23)38-3)18-28(36)33(27)32(31)24-14-15-29(30(19-24)39-4)41-20-22-10-7-6-8-11-22/h6-16,19,25,32,35H,5,17-18,20H2,1-4H3. The van der Waals surface area contributed by atoms with Gasteiger partial charge in [-0.05, 0) is 67.1 Å². The minimum atomic E-state index is -0.596. The van der Waals surface area contributed by atoms with E-state index in [1.54, 1.807) is 21.1 Å². The van der Waals surface area contributed by atoms with E-state index in [-0.39, 0.29) is 18.3 Å². The Kier molecular flexibility index (Phi) is 8.43. The van der Waals surface area contributed by atoms with Gasteiger partial charge in [-0.2, -0.15) is 0 Å². The number of methoxy groups -OCH3 is 2. The quantitative estimate of drug-likeness (QED) is 0.316. The van der Waals surface area contributed by atoms with Gasteiger partial charge in [0.15, 0.2) is 17.3 Å². The van der Waals surface area contributed by atoms with Crippen LogP contribution in [0.15, 0.2) is 95.3 Å². The summed E-state index contributed by atoms with van der Waals surface area (Å²) in [7, 11) is 3.22. The second-order valence-corrected chi connectivity index (χ2v) is 10.2. The monoisotopic (exact) mass is 553 g/mol. The molecule has 3 aromatic rings. The molecule has 2 atom stereocenters. The van der Waals surface area contributed by atoms with E-state index in [9.17, 15) is 9.59 Å². The Balaban J connectivity index is 1.53. The van der Waals surface area contributed by atoms with Crippen molar-refractivity contribution in [2.24, 2.45) is 0 Å². The number of ketones is 1. The Morgan fingerprint density at radius 2 is 1.71 bits per heavy atom. The topological polar surface area (TPSA) is 83.1 Å². The maximum atomic E-state index is 13.9. The lowest BCUT2D eigenvalue weighted by Gasteiger charge is -2.37. The molecule has 5 rings (SSSR count). The summed E-state index contributed by atoms with van der Waals surface area (Å²) in [6, 6.07) is 23.3. The fourth-order valence-electron chi connectivity index (χ4n) is 5.70. The van der Waals surface area contributed by atoms with Crippen LogP contribution in [-0.4, -0.2) is 32.6 Å². The minimum Gasteiger partial charge on any atom is -0.497 e. The molecule has 0 spiro atoms. The Bertz CT molecular complexity index is 1510. The molecule has 1 aliphatic heterocycles. The van der Waals surface area contributed by atoms with Crippen LogP contribution in [0.1, 0.15) is 55.2 Å². The van der Waals surface area contributed by atoms with Crippen LogP contribution in [0.3, 0.4) is 0 Å². The van der Waals surface area contributed by atoms with E-state index in [1.165, 1.54) is 0 Å². The molecule has 0 aromatic heterocycles. The molecular formula is C34H35NO6. The van der Waals surface area contributed by atoms with Gasteiger partial charge in [0.2, 0.25) is 0 Å². The van der Waals surface area contributed by atoms with Gasteiger partial charge in [0, 0.05) is 29.3 Å². The highest BCUT2D eigenvalue weighted by atomic mass is 16.5. The fourth-order valence-corrected chi connectivity index (χ4v) is 5.70. The van der Waals surface area contributed by atoms with Crippen molar-refractivity contribution in [2.45, 2.75) is 45.1 Å². The third-order valence-electron chi connectivity index (χ3n) is 7.65. The van der Waals surface area contributed by atoms with Crippen molar-refractivity contribution >= 4 is 11.8 Å². The van der Waals surface area contributed by atoms with Crippen LogP contribution in [0.5, 0.6) is 17.2 Å². The van der Waals surface area contributed by atoms with E-state index in [2.05, 4.69) is 5.32 Å². The van der Waals surface area contributed by atoms with Crippen LogP contribution in [0.25, 0.3) is 0 Å². The second kappa shape index (κ2) is 12.3. The first-order valence-corrected chi connectivity index (χ1v) is 13.8. The van der Waals surface area contributed by atoms with Crippen molar-refractivity contribution in [3.63, 3.8) is 0 Å². The zero-order valence-electron chi connectivity index (χ0n) is 23.9. The first-order chi connectivity index (χ1) is 19.9. The molecule has 0 amide bonds. The summed E-state index contributed by atoms with van der Waals surface area (Å²) in [5, 5.41) is 3.40. The molecule has 2 unspecified atom stereocenters. The predicted octanol–water partition coefficient (Wildman–Crippen LogP) is 6.21. The molecule has 2 aliphatic rings. The summed E-state index contributed by atoms with van der Waals surface area (Å²) < 4.78 is 22.7. The summed E-state index contributed by atoms with van der Waals surface area (Å²) in [5.74, 6) is 0.805. The van der Waals surface area contributed by atoms with E-state index < -0.39 is 11.9 Å². The van der Waals surface area contributed by atoms with E-state index in [0.717, 1.165) is 28.1 Å². The number of carbonyl (C=O) groups excluding carboxylic acids is 2. The number of rotatable bonds is 9. The molecule has 0 radical (unpaired) electrons. The van der Waals surface area contributed by atoms with Gasteiger partial charge in [0.25, 0.3) is 0 Å². The first kappa shape index (κ1) is 28.0. The highest BCUT2D eigenvalue weighted by Gasteiger charge is 2.41.